The first-order valence-electron chi connectivity index (χ1n) is 13.0. The van der Waals surface area contributed by atoms with Crippen molar-refractivity contribution in [2.45, 2.75) is 48.3 Å². The van der Waals surface area contributed by atoms with E-state index in [1.54, 1.807) is 36.4 Å². The van der Waals surface area contributed by atoms with E-state index in [-0.39, 0.29) is 47.1 Å². The molecular formula is C29H25Cl2F6NO4S. The van der Waals surface area contributed by atoms with Gasteiger partial charge in [-0.3, -0.25) is 8.98 Å². The first-order chi connectivity index (χ1) is 20.0. The molecule has 43 heavy (non-hydrogen) atoms. The van der Waals surface area contributed by atoms with Gasteiger partial charge in [0.15, 0.2) is 0 Å². The second-order valence-electron chi connectivity index (χ2n) is 10.3. The van der Waals surface area contributed by atoms with Gasteiger partial charge in [0.25, 0.3) is 10.1 Å². The SMILES string of the molecule is O=C(Cc1cc(C(F)(F)F)cc(C(F)(F)F)c1)N1CCCC(CCOS(=O)(=O)c2ccccc2)(c2ccc(Cl)c(Cl)c2)C1. The summed E-state index contributed by atoms with van der Waals surface area (Å²) in [5.41, 5.74) is -3.73. The average Bonchev–Trinajstić information content (AvgIpc) is 2.94. The quantitative estimate of drug-likeness (QED) is 0.181. The zero-order chi connectivity index (χ0) is 31.6. The third-order valence-corrected chi connectivity index (χ3v) is 9.38. The zero-order valence-electron chi connectivity index (χ0n) is 22.3. The Hall–Kier alpha value is -2.80. The maximum Gasteiger partial charge on any atom is 0.416 e. The van der Waals surface area contributed by atoms with Crippen LogP contribution < -0.4 is 0 Å². The number of hydrogen-bond donors (Lipinski definition) is 0. The van der Waals surface area contributed by atoms with Crippen molar-refractivity contribution < 1.29 is 43.7 Å². The second kappa shape index (κ2) is 12.7. The standard InChI is InChI=1S/C29H25Cl2F6NO4S/c30-24-8-7-20(17-25(24)31)27(10-12-42-43(40,41)23-5-2-1-3-6-23)9-4-11-38(18-27)26(39)15-19-13-21(28(32,33)34)16-22(14-19)29(35,36)37/h1-3,5-8,13-14,16-17H,4,9-12,15,18H2. The minimum Gasteiger partial charge on any atom is -0.342 e. The lowest BCUT2D eigenvalue weighted by Crippen LogP contribution is -2.49. The number of piperidine rings is 1. The molecule has 1 unspecified atom stereocenters. The molecule has 1 aliphatic heterocycles. The number of alkyl halides is 6. The van der Waals surface area contributed by atoms with Crippen LogP contribution in [0.25, 0.3) is 0 Å². The van der Waals surface area contributed by atoms with Crippen molar-refractivity contribution in [2.24, 2.45) is 0 Å². The highest BCUT2D eigenvalue weighted by Gasteiger charge is 2.40. The topological polar surface area (TPSA) is 63.7 Å². The Kier molecular flexibility index (Phi) is 9.75. The first-order valence-corrected chi connectivity index (χ1v) is 15.1. The predicted molar refractivity (Wildman–Crippen MR) is 148 cm³/mol. The lowest BCUT2D eigenvalue weighted by molar-refractivity contribution is -0.143. The molecule has 0 aliphatic carbocycles. The van der Waals surface area contributed by atoms with Crippen LogP contribution in [0.3, 0.4) is 0 Å². The molecule has 0 saturated carbocycles. The number of rotatable bonds is 8. The molecule has 1 heterocycles. The number of carbonyl (C=O) groups excluding carboxylic acids is 1. The summed E-state index contributed by atoms with van der Waals surface area (Å²) in [6, 6.07) is 13.4. The predicted octanol–water partition coefficient (Wildman–Crippen LogP) is 7.93. The zero-order valence-corrected chi connectivity index (χ0v) is 24.6. The summed E-state index contributed by atoms with van der Waals surface area (Å²) in [5.74, 6) is -0.686. The molecule has 5 nitrogen and oxygen atoms in total. The van der Waals surface area contributed by atoms with Gasteiger partial charge in [0.2, 0.25) is 5.91 Å². The summed E-state index contributed by atoms with van der Waals surface area (Å²) in [5, 5.41) is 0.473. The van der Waals surface area contributed by atoms with Crippen molar-refractivity contribution in [3.05, 3.63) is 99.0 Å². The van der Waals surface area contributed by atoms with E-state index in [9.17, 15) is 39.6 Å². The number of carbonyl (C=O) groups is 1. The van der Waals surface area contributed by atoms with E-state index in [2.05, 4.69) is 0 Å². The fourth-order valence-electron chi connectivity index (χ4n) is 5.16. The van der Waals surface area contributed by atoms with Crippen LogP contribution in [-0.4, -0.2) is 38.9 Å². The highest BCUT2D eigenvalue weighted by atomic mass is 35.5. The second-order valence-corrected chi connectivity index (χ2v) is 12.7. The maximum atomic E-state index is 13.4. The van der Waals surface area contributed by atoms with E-state index in [0.717, 1.165) is 0 Å². The minimum atomic E-state index is -5.05. The fourth-order valence-corrected chi connectivity index (χ4v) is 6.39. The summed E-state index contributed by atoms with van der Waals surface area (Å²) >= 11 is 12.4. The molecule has 1 aliphatic rings. The van der Waals surface area contributed by atoms with E-state index in [1.807, 2.05) is 0 Å². The summed E-state index contributed by atoms with van der Waals surface area (Å²) in [6.45, 7) is -0.0954. The lowest BCUT2D eigenvalue weighted by Gasteiger charge is -2.43. The molecule has 1 atom stereocenters. The first kappa shape index (κ1) is 33.1. The smallest absolute Gasteiger partial charge is 0.342 e. The average molecular weight is 668 g/mol. The number of amides is 1. The van der Waals surface area contributed by atoms with Crippen LogP contribution in [-0.2, 0) is 43.3 Å². The molecule has 232 valence electrons. The molecule has 3 aromatic rings. The van der Waals surface area contributed by atoms with E-state index in [0.29, 0.717) is 30.5 Å². The summed E-state index contributed by atoms with van der Waals surface area (Å²) in [4.78, 5) is 14.6. The molecule has 1 saturated heterocycles. The monoisotopic (exact) mass is 667 g/mol. The Bertz CT molecular complexity index is 1550. The van der Waals surface area contributed by atoms with Crippen molar-refractivity contribution in [1.29, 1.82) is 0 Å². The molecule has 3 aromatic carbocycles. The van der Waals surface area contributed by atoms with Gasteiger partial charge in [-0.25, -0.2) is 0 Å². The Balaban J connectivity index is 1.60. The molecular weight excluding hydrogens is 643 g/mol. The fraction of sp³-hybridized carbons (Fsp3) is 0.345. The van der Waals surface area contributed by atoms with Crippen molar-refractivity contribution in [2.75, 3.05) is 19.7 Å². The lowest BCUT2D eigenvalue weighted by atomic mass is 9.72. The third-order valence-electron chi connectivity index (χ3n) is 7.32. The van der Waals surface area contributed by atoms with Gasteiger partial charge in [0.1, 0.15) is 0 Å². The third kappa shape index (κ3) is 8.03. The van der Waals surface area contributed by atoms with Crippen LogP contribution >= 0.6 is 23.2 Å². The maximum absolute atomic E-state index is 13.4. The van der Waals surface area contributed by atoms with Crippen molar-refractivity contribution in [3.8, 4) is 0 Å². The molecule has 0 N–H and O–H groups in total. The van der Waals surface area contributed by atoms with E-state index in [4.69, 9.17) is 27.4 Å². The largest absolute Gasteiger partial charge is 0.416 e. The Labute approximate surface area is 254 Å². The van der Waals surface area contributed by atoms with Crippen LogP contribution in [0.15, 0.2) is 71.6 Å². The molecule has 0 radical (unpaired) electrons. The summed E-state index contributed by atoms with van der Waals surface area (Å²) in [6.07, 6.45) is -9.83. The van der Waals surface area contributed by atoms with Crippen LogP contribution in [0.2, 0.25) is 10.0 Å². The molecule has 1 amide bonds. The molecule has 0 aromatic heterocycles. The summed E-state index contributed by atoms with van der Waals surface area (Å²) < 4.78 is 111. The van der Waals surface area contributed by atoms with E-state index in [1.165, 1.54) is 17.0 Å². The van der Waals surface area contributed by atoms with Crippen molar-refractivity contribution in [3.63, 3.8) is 0 Å². The van der Waals surface area contributed by atoms with Gasteiger partial charge >= 0.3 is 12.4 Å². The van der Waals surface area contributed by atoms with Gasteiger partial charge in [-0.15, -0.1) is 0 Å². The van der Waals surface area contributed by atoms with Crippen molar-refractivity contribution in [1.82, 2.24) is 4.90 Å². The van der Waals surface area contributed by atoms with Crippen LogP contribution in [0, 0.1) is 0 Å². The number of hydrogen-bond acceptors (Lipinski definition) is 4. The Morgan fingerprint density at radius 2 is 1.51 bits per heavy atom. The van der Waals surface area contributed by atoms with Crippen molar-refractivity contribution >= 4 is 39.2 Å². The van der Waals surface area contributed by atoms with Gasteiger partial charge in [0, 0.05) is 18.5 Å². The molecule has 0 bridgehead atoms. The number of nitrogens with zero attached hydrogens (tertiary/aromatic N) is 1. The Morgan fingerprint density at radius 3 is 2.09 bits per heavy atom. The minimum absolute atomic E-state index is 0.00761. The molecule has 14 heteroatoms. The van der Waals surface area contributed by atoms with Crippen LogP contribution in [0.1, 0.15) is 41.5 Å². The molecule has 0 spiro atoms. The van der Waals surface area contributed by atoms with Gasteiger partial charge in [0.05, 0.1) is 39.1 Å². The van der Waals surface area contributed by atoms with Gasteiger partial charge in [-0.1, -0.05) is 47.5 Å². The normalized spacial score (nSPS) is 18.1. The molecule has 4 rings (SSSR count). The number of benzene rings is 3. The van der Waals surface area contributed by atoms with Gasteiger partial charge in [-0.05, 0) is 72.9 Å². The summed E-state index contributed by atoms with van der Waals surface area (Å²) in [7, 11) is -4.10. The highest BCUT2D eigenvalue weighted by molar-refractivity contribution is 7.86. The van der Waals surface area contributed by atoms with Crippen LogP contribution in [0.5, 0.6) is 0 Å². The number of halogens is 8. The van der Waals surface area contributed by atoms with E-state index < -0.39 is 56.9 Å². The highest BCUT2D eigenvalue weighted by Crippen LogP contribution is 2.41. The van der Waals surface area contributed by atoms with E-state index >= 15 is 0 Å². The molecule has 1 fully saturated rings. The van der Waals surface area contributed by atoms with Crippen LogP contribution in [0.4, 0.5) is 26.3 Å². The number of likely N-dealkylation sites (tertiary alicyclic amines) is 1. The Morgan fingerprint density at radius 1 is 0.884 bits per heavy atom. The van der Waals surface area contributed by atoms with Gasteiger partial charge in [-0.2, -0.15) is 34.8 Å². The van der Waals surface area contributed by atoms with Gasteiger partial charge < -0.3 is 4.90 Å².